The summed E-state index contributed by atoms with van der Waals surface area (Å²) in [4.78, 5) is 9.60. The van der Waals surface area contributed by atoms with E-state index in [1.807, 2.05) is 0 Å². The summed E-state index contributed by atoms with van der Waals surface area (Å²) in [5.74, 6) is 0. The molecule has 2 N–H and O–H groups in total. The summed E-state index contributed by atoms with van der Waals surface area (Å²) in [6.07, 6.45) is 3.16. The molecule has 0 saturated carbocycles. The largest absolute Gasteiger partial charge is 0.450 e. The zero-order valence-electron chi connectivity index (χ0n) is 8.84. The van der Waals surface area contributed by atoms with Gasteiger partial charge in [-0.2, -0.15) is 0 Å². The minimum atomic E-state index is -0.711. The number of primary amides is 1. The van der Waals surface area contributed by atoms with Gasteiger partial charge in [-0.1, -0.05) is 19.8 Å². The first kappa shape index (κ1) is 14.9. The van der Waals surface area contributed by atoms with Crippen LogP contribution in [0.3, 0.4) is 0 Å². The Morgan fingerprint density at radius 3 is 2.23 bits per heavy atom. The molecule has 0 radical (unpaired) electrons. The zero-order valence-corrected chi connectivity index (χ0v) is 10.8. The molecule has 1 amide bonds. The number of amides is 1. The second-order valence-electron chi connectivity index (χ2n) is 2.45. The number of ether oxygens (including phenoxy) is 1. The van der Waals surface area contributed by atoms with E-state index in [9.17, 15) is 4.79 Å². The first-order valence-corrected chi connectivity index (χ1v) is 5.41. The number of hydrogen-bond acceptors (Lipinski definition) is 3. The quantitative estimate of drug-likeness (QED) is 0.530. The van der Waals surface area contributed by atoms with Crippen LogP contribution >= 0.6 is 0 Å². The van der Waals surface area contributed by atoms with Crippen LogP contribution in [0.1, 0.15) is 33.1 Å². The molecule has 0 rings (SSSR count). The fourth-order valence-corrected chi connectivity index (χ4v) is 0.927. The first-order chi connectivity index (χ1) is 6.18. The molecule has 0 spiro atoms. The number of carbonyl (C=O) groups excluding carboxylic acids is 1. The molecule has 80 valence electrons. The Morgan fingerprint density at radius 2 is 2.00 bits per heavy atom. The van der Waals surface area contributed by atoms with E-state index < -0.39 is 6.09 Å². The van der Waals surface area contributed by atoms with Gasteiger partial charge in [0.2, 0.25) is 0 Å². The lowest BCUT2D eigenvalue weighted by Crippen LogP contribution is -2.11. The first-order valence-electron chi connectivity index (χ1n) is 4.60. The van der Waals surface area contributed by atoms with Crippen molar-refractivity contribution in [2.24, 2.45) is 5.73 Å². The summed E-state index contributed by atoms with van der Waals surface area (Å²) < 4.78 is 9.16. The van der Waals surface area contributed by atoms with E-state index in [-0.39, 0.29) is 0 Å². The molecule has 0 aliphatic rings. The van der Waals surface area contributed by atoms with Crippen LogP contribution in [0.4, 0.5) is 4.79 Å². The van der Waals surface area contributed by atoms with Gasteiger partial charge in [-0.25, -0.2) is 4.79 Å². The Morgan fingerprint density at radius 1 is 1.38 bits per heavy atom. The van der Waals surface area contributed by atoms with Crippen LogP contribution in [0.2, 0.25) is 0 Å². The van der Waals surface area contributed by atoms with Gasteiger partial charge >= 0.3 is 6.09 Å². The van der Waals surface area contributed by atoms with Crippen molar-refractivity contribution in [3.05, 3.63) is 0 Å². The van der Waals surface area contributed by atoms with Crippen molar-refractivity contribution in [2.75, 3.05) is 13.2 Å². The lowest BCUT2D eigenvalue weighted by atomic mass is 10.3. The molecule has 0 atom stereocenters. The van der Waals surface area contributed by atoms with E-state index in [1.54, 1.807) is 6.92 Å². The maximum absolute atomic E-state index is 9.60. The molecule has 13 heavy (non-hydrogen) atoms. The zero-order chi connectivity index (χ0) is 10.5. The number of rotatable bonds is 5. The smallest absolute Gasteiger partial charge is 0.404 e. The maximum atomic E-state index is 9.60. The Labute approximate surface area is 83.3 Å². The van der Waals surface area contributed by atoms with Crippen LogP contribution in [0.5, 0.6) is 0 Å². The molecule has 0 saturated heterocycles. The van der Waals surface area contributed by atoms with Crippen molar-refractivity contribution < 1.29 is 14.0 Å². The van der Waals surface area contributed by atoms with Crippen LogP contribution in [-0.2, 0) is 9.16 Å². The maximum Gasteiger partial charge on any atom is 0.404 e. The number of nitrogens with two attached hydrogens (primary N) is 1. The van der Waals surface area contributed by atoms with Crippen molar-refractivity contribution in [1.82, 2.24) is 0 Å². The average Bonchev–Trinajstić information content (AvgIpc) is 2.06. The summed E-state index contributed by atoms with van der Waals surface area (Å²) in [5, 5.41) is 0. The SMILES string of the molecule is CCCCCO[SiH3].CCOC(N)=O. The van der Waals surface area contributed by atoms with Gasteiger partial charge in [-0.3, -0.25) is 0 Å². The summed E-state index contributed by atoms with van der Waals surface area (Å²) in [6.45, 7) is 5.24. The normalized spacial score (nSPS) is 8.77. The molecule has 0 aromatic heterocycles. The van der Waals surface area contributed by atoms with Gasteiger partial charge in [0.1, 0.15) is 10.5 Å². The van der Waals surface area contributed by atoms with Gasteiger partial charge in [0.05, 0.1) is 6.61 Å². The Balaban J connectivity index is 0. The lowest BCUT2D eigenvalue weighted by molar-refractivity contribution is 0.163. The van der Waals surface area contributed by atoms with Crippen molar-refractivity contribution in [3.63, 3.8) is 0 Å². The predicted molar refractivity (Wildman–Crippen MR) is 56.6 cm³/mol. The highest BCUT2D eigenvalue weighted by Gasteiger charge is 1.82. The third-order valence-corrected chi connectivity index (χ3v) is 1.65. The molecule has 4 nitrogen and oxygen atoms in total. The molecule has 0 bridgehead atoms. The van der Waals surface area contributed by atoms with Gasteiger partial charge in [-0.15, -0.1) is 0 Å². The summed E-state index contributed by atoms with van der Waals surface area (Å²) in [7, 11) is 0.906. The molecule has 0 heterocycles. The van der Waals surface area contributed by atoms with E-state index in [4.69, 9.17) is 4.43 Å². The van der Waals surface area contributed by atoms with E-state index in [0.717, 1.165) is 17.1 Å². The average molecular weight is 207 g/mol. The van der Waals surface area contributed by atoms with Crippen LogP contribution < -0.4 is 5.73 Å². The van der Waals surface area contributed by atoms with E-state index in [0.29, 0.717) is 6.61 Å². The second-order valence-corrected chi connectivity index (χ2v) is 3.03. The van der Waals surface area contributed by atoms with Crippen molar-refractivity contribution in [2.45, 2.75) is 33.1 Å². The lowest BCUT2D eigenvalue weighted by Gasteiger charge is -1.93. The molecule has 0 unspecified atom stereocenters. The van der Waals surface area contributed by atoms with Gasteiger partial charge < -0.3 is 14.9 Å². The third kappa shape index (κ3) is 24.6. The van der Waals surface area contributed by atoms with Crippen LogP contribution in [0, 0.1) is 0 Å². The minimum absolute atomic E-state index is 0.356. The van der Waals surface area contributed by atoms with Gasteiger partial charge in [0.15, 0.2) is 0 Å². The van der Waals surface area contributed by atoms with Crippen LogP contribution in [-0.4, -0.2) is 29.8 Å². The van der Waals surface area contributed by atoms with E-state index >= 15 is 0 Å². The summed E-state index contributed by atoms with van der Waals surface area (Å²) in [6, 6.07) is 0. The van der Waals surface area contributed by atoms with Gasteiger partial charge in [0.25, 0.3) is 0 Å². The third-order valence-electron chi connectivity index (χ3n) is 1.24. The van der Waals surface area contributed by atoms with Gasteiger partial charge in [-0.05, 0) is 13.3 Å². The van der Waals surface area contributed by atoms with Crippen LogP contribution in [0.25, 0.3) is 0 Å². The highest BCUT2D eigenvalue weighted by atomic mass is 28.2. The van der Waals surface area contributed by atoms with E-state index in [1.165, 1.54) is 19.3 Å². The molecule has 0 aliphatic carbocycles. The van der Waals surface area contributed by atoms with Crippen LogP contribution in [0.15, 0.2) is 0 Å². The predicted octanol–water partition coefficient (Wildman–Crippen LogP) is 0.575. The van der Waals surface area contributed by atoms with Crippen molar-refractivity contribution in [3.8, 4) is 0 Å². The Hall–Kier alpha value is -0.553. The molecule has 0 fully saturated rings. The molecule has 0 aromatic carbocycles. The number of unbranched alkanes of at least 4 members (excludes halogenated alkanes) is 2. The highest BCUT2D eigenvalue weighted by Crippen LogP contribution is 1.91. The molecule has 5 heteroatoms. The van der Waals surface area contributed by atoms with Gasteiger partial charge in [0, 0.05) is 6.61 Å². The molecule has 0 aliphatic heterocycles. The fraction of sp³-hybridized carbons (Fsp3) is 0.875. The number of hydrogen-bond donors (Lipinski definition) is 1. The monoisotopic (exact) mass is 207 g/mol. The Bertz CT molecular complexity index is 108. The Kier molecular flexibility index (Phi) is 16.1. The second kappa shape index (κ2) is 14.0. The molecular formula is C8H21NO3Si. The minimum Gasteiger partial charge on any atom is -0.450 e. The standard InChI is InChI=1S/C5H14OSi.C3H7NO2/c1-2-3-4-5-6-7;1-2-6-3(4)5/h2-5H2,1,7H3;2H2,1H3,(H2,4,5). The molecular weight excluding hydrogens is 186 g/mol. The number of carbonyl (C=O) groups is 1. The summed E-state index contributed by atoms with van der Waals surface area (Å²) in [5.41, 5.74) is 4.54. The van der Waals surface area contributed by atoms with Crippen molar-refractivity contribution >= 4 is 16.6 Å². The van der Waals surface area contributed by atoms with Crippen molar-refractivity contribution in [1.29, 1.82) is 0 Å². The topological polar surface area (TPSA) is 61.6 Å². The van der Waals surface area contributed by atoms with E-state index in [2.05, 4.69) is 17.4 Å². The fourth-order valence-electron chi connectivity index (χ4n) is 0.639. The summed E-state index contributed by atoms with van der Waals surface area (Å²) >= 11 is 0. The highest BCUT2D eigenvalue weighted by molar-refractivity contribution is 5.97. The molecule has 0 aromatic rings.